The summed E-state index contributed by atoms with van der Waals surface area (Å²) >= 11 is 0. The number of nitrogens with zero attached hydrogens (tertiary/aromatic N) is 2. The zero-order valence-corrected chi connectivity index (χ0v) is 14.6. The van der Waals surface area contributed by atoms with Crippen molar-refractivity contribution in [3.63, 3.8) is 0 Å². The number of hydrogen-bond acceptors (Lipinski definition) is 0. The first-order valence-corrected chi connectivity index (χ1v) is 8.86. The van der Waals surface area contributed by atoms with Gasteiger partial charge in [-0.05, 0) is 29.1 Å². The van der Waals surface area contributed by atoms with Gasteiger partial charge in [0.05, 0.1) is 16.8 Å². The van der Waals surface area contributed by atoms with E-state index >= 15 is 0 Å². The van der Waals surface area contributed by atoms with E-state index < -0.39 is 0 Å². The first-order chi connectivity index (χ1) is 12.8. The number of aromatic nitrogens is 2. The second-order valence-corrected chi connectivity index (χ2v) is 6.63. The second kappa shape index (κ2) is 5.85. The minimum atomic E-state index is 1.21. The van der Waals surface area contributed by atoms with Gasteiger partial charge in [0.2, 0.25) is 5.69 Å². The highest BCUT2D eigenvalue weighted by atomic mass is 14.9. The lowest BCUT2D eigenvalue weighted by Crippen LogP contribution is -2.29. The van der Waals surface area contributed by atoms with Crippen LogP contribution in [0.2, 0.25) is 0 Å². The zero-order chi connectivity index (χ0) is 17.5. The molecule has 3 heterocycles. The van der Waals surface area contributed by atoms with E-state index in [-0.39, 0.29) is 0 Å². The van der Waals surface area contributed by atoms with E-state index in [1.807, 2.05) is 0 Å². The van der Waals surface area contributed by atoms with Gasteiger partial charge < -0.3 is 4.40 Å². The number of pyridine rings is 2. The van der Waals surface area contributed by atoms with Gasteiger partial charge in [-0.1, -0.05) is 54.6 Å². The molecule has 0 radical (unpaired) electrons. The summed E-state index contributed by atoms with van der Waals surface area (Å²) in [5.41, 5.74) is 6.14. The third-order valence-corrected chi connectivity index (χ3v) is 5.05. The Labute approximate surface area is 152 Å². The van der Waals surface area contributed by atoms with Crippen LogP contribution in [0.4, 0.5) is 0 Å². The highest BCUT2D eigenvalue weighted by molar-refractivity contribution is 6.00. The molecule has 2 heteroatoms. The summed E-state index contributed by atoms with van der Waals surface area (Å²) in [7, 11) is 2.10. The first-order valence-electron chi connectivity index (χ1n) is 8.86. The standard InChI is InChI=1S/C24H19N2/c1-25-15-8-7-13-22(25)21-17-23-20-12-6-5-9-18(20)14-16-26(23)24(21)19-10-3-2-4-11-19/h2-17H,1H3/q+1. The molecule has 0 fully saturated rings. The lowest BCUT2D eigenvalue weighted by atomic mass is 10.0. The Morgan fingerprint density at radius 1 is 0.769 bits per heavy atom. The molecule has 26 heavy (non-hydrogen) atoms. The molecule has 124 valence electrons. The molecule has 0 aliphatic carbocycles. The molecule has 0 bridgehead atoms. The van der Waals surface area contributed by atoms with Crippen molar-refractivity contribution in [1.29, 1.82) is 0 Å². The lowest BCUT2D eigenvalue weighted by molar-refractivity contribution is -0.660. The SMILES string of the molecule is C[n+]1ccccc1-c1cc2c3ccccc3ccn2c1-c1ccccc1. The molecule has 0 amide bonds. The lowest BCUT2D eigenvalue weighted by Gasteiger charge is -2.07. The van der Waals surface area contributed by atoms with Gasteiger partial charge in [0.15, 0.2) is 6.20 Å². The van der Waals surface area contributed by atoms with Crippen LogP contribution in [0, 0.1) is 0 Å². The van der Waals surface area contributed by atoms with Crippen LogP contribution in [0.5, 0.6) is 0 Å². The van der Waals surface area contributed by atoms with Crippen molar-refractivity contribution in [2.45, 2.75) is 0 Å². The number of fused-ring (bicyclic) bond motifs is 3. The Hall–Kier alpha value is -3.39. The van der Waals surface area contributed by atoms with Gasteiger partial charge in [-0.25, -0.2) is 4.57 Å². The van der Waals surface area contributed by atoms with E-state index in [0.29, 0.717) is 0 Å². The van der Waals surface area contributed by atoms with Crippen molar-refractivity contribution < 1.29 is 4.57 Å². The highest BCUT2D eigenvalue weighted by Crippen LogP contribution is 2.36. The molecule has 5 rings (SSSR count). The predicted molar refractivity (Wildman–Crippen MR) is 107 cm³/mol. The van der Waals surface area contributed by atoms with Gasteiger partial charge in [0.25, 0.3) is 0 Å². The van der Waals surface area contributed by atoms with Crippen molar-refractivity contribution in [3.05, 3.63) is 97.3 Å². The van der Waals surface area contributed by atoms with Crippen molar-refractivity contribution in [3.8, 4) is 22.5 Å². The van der Waals surface area contributed by atoms with E-state index in [9.17, 15) is 0 Å². The molecule has 3 aromatic heterocycles. The minimum absolute atomic E-state index is 1.21. The summed E-state index contributed by atoms with van der Waals surface area (Å²) in [6.45, 7) is 0. The van der Waals surface area contributed by atoms with Crippen molar-refractivity contribution >= 4 is 16.3 Å². The number of rotatable bonds is 2. The van der Waals surface area contributed by atoms with Crippen molar-refractivity contribution in [2.24, 2.45) is 7.05 Å². The first kappa shape index (κ1) is 14.9. The summed E-state index contributed by atoms with van der Waals surface area (Å²) in [6, 6.07) is 30.1. The molecule has 0 aliphatic rings. The van der Waals surface area contributed by atoms with Crippen LogP contribution in [-0.2, 0) is 7.05 Å². The summed E-state index contributed by atoms with van der Waals surface area (Å²) in [4.78, 5) is 0. The highest BCUT2D eigenvalue weighted by Gasteiger charge is 2.20. The second-order valence-electron chi connectivity index (χ2n) is 6.63. The molecule has 0 unspecified atom stereocenters. The van der Waals surface area contributed by atoms with Crippen LogP contribution in [0.3, 0.4) is 0 Å². The Kier molecular flexibility index (Phi) is 3.36. The molecule has 0 aliphatic heterocycles. The normalized spacial score (nSPS) is 11.3. The Morgan fingerprint density at radius 2 is 1.54 bits per heavy atom. The van der Waals surface area contributed by atoms with Crippen LogP contribution in [-0.4, -0.2) is 4.40 Å². The monoisotopic (exact) mass is 335 g/mol. The number of benzene rings is 2. The van der Waals surface area contributed by atoms with Crippen molar-refractivity contribution in [1.82, 2.24) is 4.40 Å². The van der Waals surface area contributed by atoms with E-state index in [1.54, 1.807) is 0 Å². The van der Waals surface area contributed by atoms with Crippen molar-refractivity contribution in [2.75, 3.05) is 0 Å². The fraction of sp³-hybridized carbons (Fsp3) is 0.0417. The van der Waals surface area contributed by atoms with Gasteiger partial charge in [-0.2, -0.15) is 0 Å². The largest absolute Gasteiger partial charge is 0.315 e. The molecular formula is C24H19N2+. The molecular weight excluding hydrogens is 316 g/mol. The summed E-state index contributed by atoms with van der Waals surface area (Å²) in [6.07, 6.45) is 4.29. The summed E-state index contributed by atoms with van der Waals surface area (Å²) in [5.74, 6) is 0. The topological polar surface area (TPSA) is 8.29 Å². The fourth-order valence-electron chi connectivity index (χ4n) is 3.81. The van der Waals surface area contributed by atoms with E-state index in [4.69, 9.17) is 0 Å². The predicted octanol–water partition coefficient (Wildman–Crippen LogP) is 5.25. The molecule has 0 spiro atoms. The quantitative estimate of drug-likeness (QED) is 0.389. The molecule has 0 N–H and O–H groups in total. The van der Waals surface area contributed by atoms with E-state index in [1.165, 1.54) is 38.8 Å². The molecule has 0 saturated carbocycles. The Bertz CT molecular complexity index is 1230. The van der Waals surface area contributed by atoms with Gasteiger partial charge in [0.1, 0.15) is 7.05 Å². The molecule has 2 nitrogen and oxygen atoms in total. The molecule has 5 aromatic rings. The Morgan fingerprint density at radius 3 is 2.38 bits per heavy atom. The molecule has 0 atom stereocenters. The maximum Gasteiger partial charge on any atom is 0.214 e. The number of aryl methyl sites for hydroxylation is 1. The van der Waals surface area contributed by atoms with Crippen LogP contribution >= 0.6 is 0 Å². The average molecular weight is 335 g/mol. The fourth-order valence-corrected chi connectivity index (χ4v) is 3.81. The van der Waals surface area contributed by atoms with Crippen LogP contribution < -0.4 is 4.57 Å². The van der Waals surface area contributed by atoms with Gasteiger partial charge in [-0.3, -0.25) is 0 Å². The molecule has 2 aromatic carbocycles. The Balaban J connectivity index is 1.94. The van der Waals surface area contributed by atoms with Crippen LogP contribution in [0.1, 0.15) is 0 Å². The average Bonchev–Trinajstić information content (AvgIpc) is 3.09. The number of hydrogen-bond donors (Lipinski definition) is 0. The van der Waals surface area contributed by atoms with Gasteiger partial charge >= 0.3 is 0 Å². The minimum Gasteiger partial charge on any atom is -0.315 e. The maximum atomic E-state index is 2.32. The van der Waals surface area contributed by atoms with E-state index in [2.05, 4.69) is 113 Å². The molecule has 0 saturated heterocycles. The zero-order valence-electron chi connectivity index (χ0n) is 14.6. The van der Waals surface area contributed by atoms with Gasteiger partial charge in [-0.15, -0.1) is 0 Å². The third-order valence-electron chi connectivity index (χ3n) is 5.05. The summed E-state index contributed by atoms with van der Waals surface area (Å²) in [5, 5.41) is 2.54. The van der Waals surface area contributed by atoms with E-state index in [0.717, 1.165) is 0 Å². The van der Waals surface area contributed by atoms with Crippen LogP contribution in [0.15, 0.2) is 97.3 Å². The maximum absolute atomic E-state index is 2.32. The third kappa shape index (κ3) is 2.23. The van der Waals surface area contributed by atoms with Crippen LogP contribution in [0.25, 0.3) is 38.8 Å². The smallest absolute Gasteiger partial charge is 0.214 e. The summed E-state index contributed by atoms with van der Waals surface area (Å²) < 4.78 is 4.50. The van der Waals surface area contributed by atoms with Gasteiger partial charge in [0, 0.05) is 23.7 Å².